The van der Waals surface area contributed by atoms with Crippen LogP contribution in [0.4, 0.5) is 5.82 Å². The second kappa shape index (κ2) is 9.79. The van der Waals surface area contributed by atoms with E-state index in [1.54, 1.807) is 7.11 Å². The van der Waals surface area contributed by atoms with Gasteiger partial charge in [-0.25, -0.2) is 4.98 Å². The molecule has 0 radical (unpaired) electrons. The van der Waals surface area contributed by atoms with Gasteiger partial charge in [0.25, 0.3) is 0 Å². The van der Waals surface area contributed by atoms with Crippen molar-refractivity contribution in [2.24, 2.45) is 0 Å². The van der Waals surface area contributed by atoms with E-state index in [1.807, 2.05) is 29.2 Å². The molecule has 2 saturated heterocycles. The second-order valence-electron chi connectivity index (χ2n) is 9.03. The summed E-state index contributed by atoms with van der Waals surface area (Å²) in [5.74, 6) is 2.15. The number of hydrogen-bond acceptors (Lipinski definition) is 6. The zero-order chi connectivity index (χ0) is 22.6. The number of aromatic nitrogens is 3. The average molecular weight is 449 g/mol. The van der Waals surface area contributed by atoms with Gasteiger partial charge < -0.3 is 15.0 Å². The molecule has 4 heterocycles. The summed E-state index contributed by atoms with van der Waals surface area (Å²) in [4.78, 5) is 22.0. The number of nitrogens with one attached hydrogen (secondary N) is 2. The lowest BCUT2D eigenvalue weighted by Crippen LogP contribution is -2.44. The van der Waals surface area contributed by atoms with Crippen molar-refractivity contribution in [2.75, 3.05) is 45.2 Å². The normalized spacial score (nSPS) is 19.2. The fourth-order valence-electron chi connectivity index (χ4n) is 4.99. The first kappa shape index (κ1) is 21.7. The number of para-hydroxylation sites is 1. The molecule has 174 valence electrons. The van der Waals surface area contributed by atoms with Crippen molar-refractivity contribution in [2.45, 2.75) is 38.1 Å². The van der Waals surface area contributed by atoms with Gasteiger partial charge in [-0.15, -0.1) is 0 Å². The third kappa shape index (κ3) is 4.80. The Hall–Kier alpha value is -3.13. The fourth-order valence-corrected chi connectivity index (χ4v) is 4.99. The number of pyridine rings is 1. The molecule has 2 aliphatic heterocycles. The highest BCUT2D eigenvalue weighted by molar-refractivity contribution is 5.87. The van der Waals surface area contributed by atoms with E-state index in [2.05, 4.69) is 32.5 Å². The molecule has 5 rings (SSSR count). The van der Waals surface area contributed by atoms with Crippen LogP contribution in [0.2, 0.25) is 0 Å². The Morgan fingerprint density at radius 2 is 2.00 bits per heavy atom. The fraction of sp³-hybridized carbons (Fsp3) is 0.480. The second-order valence-corrected chi connectivity index (χ2v) is 9.03. The lowest BCUT2D eigenvalue weighted by atomic mass is 9.94. The number of piperidine rings is 1. The Morgan fingerprint density at radius 3 is 2.85 bits per heavy atom. The van der Waals surface area contributed by atoms with E-state index in [9.17, 15) is 4.79 Å². The molecular formula is C25H32N6O2. The number of ether oxygens (including phenoxy) is 1. The molecule has 2 aliphatic rings. The number of methoxy groups -OCH3 is 1. The van der Waals surface area contributed by atoms with Gasteiger partial charge in [0.1, 0.15) is 5.75 Å². The van der Waals surface area contributed by atoms with Crippen LogP contribution in [-0.2, 0) is 11.3 Å². The Kier molecular flexibility index (Phi) is 6.44. The number of carbonyl (C=O) groups excluding carboxylic acids is 1. The molecule has 1 aromatic carbocycles. The molecule has 3 aromatic rings. The van der Waals surface area contributed by atoms with E-state index in [-0.39, 0.29) is 11.8 Å². The molecule has 0 spiro atoms. The van der Waals surface area contributed by atoms with Crippen LogP contribution in [0.3, 0.4) is 0 Å². The molecule has 2 aromatic heterocycles. The predicted molar refractivity (Wildman–Crippen MR) is 128 cm³/mol. The van der Waals surface area contributed by atoms with Gasteiger partial charge in [-0.3, -0.25) is 14.8 Å². The number of anilines is 1. The van der Waals surface area contributed by atoms with Crippen molar-refractivity contribution in [3.8, 4) is 5.75 Å². The maximum atomic E-state index is 12.8. The van der Waals surface area contributed by atoms with Gasteiger partial charge in [0.05, 0.1) is 19.0 Å². The number of carbonyl (C=O) groups is 1. The van der Waals surface area contributed by atoms with Crippen LogP contribution in [-0.4, -0.2) is 70.7 Å². The Balaban J connectivity index is 1.25. The largest absolute Gasteiger partial charge is 0.496 e. The molecule has 0 unspecified atom stereocenters. The van der Waals surface area contributed by atoms with Gasteiger partial charge in [-0.2, -0.15) is 5.10 Å². The zero-order valence-corrected chi connectivity index (χ0v) is 19.2. The maximum absolute atomic E-state index is 12.8. The summed E-state index contributed by atoms with van der Waals surface area (Å²) in [6.45, 7) is 4.87. The van der Waals surface area contributed by atoms with Gasteiger partial charge in [0.15, 0.2) is 11.5 Å². The number of amides is 1. The Bertz CT molecular complexity index is 1110. The average Bonchev–Trinajstić information content (AvgIpc) is 3.52. The van der Waals surface area contributed by atoms with Gasteiger partial charge in [0, 0.05) is 36.8 Å². The van der Waals surface area contributed by atoms with E-state index in [0.29, 0.717) is 13.1 Å². The number of benzene rings is 1. The molecule has 33 heavy (non-hydrogen) atoms. The molecule has 0 saturated carbocycles. The highest BCUT2D eigenvalue weighted by atomic mass is 16.5. The van der Waals surface area contributed by atoms with Crippen LogP contribution < -0.4 is 10.1 Å². The first-order valence-corrected chi connectivity index (χ1v) is 11.9. The van der Waals surface area contributed by atoms with Gasteiger partial charge in [-0.1, -0.05) is 18.2 Å². The lowest BCUT2D eigenvalue weighted by molar-refractivity contribution is -0.133. The van der Waals surface area contributed by atoms with Crippen LogP contribution in [0.5, 0.6) is 5.75 Å². The SMILES string of the molecule is COc1ccccc1CNc1n[nH]c2nc([C@H]3CCCN(C(=O)CN4CCCC4)C3)ccc12. The van der Waals surface area contributed by atoms with Crippen LogP contribution >= 0.6 is 0 Å². The number of aromatic amines is 1. The predicted octanol–water partition coefficient (Wildman–Crippen LogP) is 3.38. The molecule has 8 heteroatoms. The van der Waals surface area contributed by atoms with Gasteiger partial charge >= 0.3 is 0 Å². The Labute approximate surface area is 194 Å². The summed E-state index contributed by atoms with van der Waals surface area (Å²) >= 11 is 0. The molecule has 2 N–H and O–H groups in total. The molecule has 0 bridgehead atoms. The summed E-state index contributed by atoms with van der Waals surface area (Å²) < 4.78 is 5.44. The number of hydrogen-bond donors (Lipinski definition) is 2. The molecule has 0 aliphatic carbocycles. The highest BCUT2D eigenvalue weighted by Gasteiger charge is 2.27. The number of fused-ring (bicyclic) bond motifs is 1. The molecule has 8 nitrogen and oxygen atoms in total. The number of nitrogens with zero attached hydrogens (tertiary/aromatic N) is 4. The van der Waals surface area contributed by atoms with Gasteiger partial charge in [-0.05, 0) is 57.0 Å². The van der Waals surface area contributed by atoms with Crippen molar-refractivity contribution < 1.29 is 9.53 Å². The monoisotopic (exact) mass is 448 g/mol. The van der Waals surface area contributed by atoms with Crippen molar-refractivity contribution in [3.63, 3.8) is 0 Å². The number of likely N-dealkylation sites (tertiary alicyclic amines) is 2. The zero-order valence-electron chi connectivity index (χ0n) is 19.2. The van der Waals surface area contributed by atoms with E-state index >= 15 is 0 Å². The molecule has 2 fully saturated rings. The lowest BCUT2D eigenvalue weighted by Gasteiger charge is -2.33. The smallest absolute Gasteiger partial charge is 0.236 e. The first-order valence-electron chi connectivity index (χ1n) is 11.9. The van der Waals surface area contributed by atoms with Crippen LogP contribution in [0.1, 0.15) is 42.9 Å². The molecular weight excluding hydrogens is 416 g/mol. The third-order valence-electron chi connectivity index (χ3n) is 6.83. The third-order valence-corrected chi connectivity index (χ3v) is 6.83. The maximum Gasteiger partial charge on any atom is 0.236 e. The van der Waals surface area contributed by atoms with Crippen LogP contribution in [0, 0.1) is 0 Å². The van der Waals surface area contributed by atoms with E-state index in [1.165, 1.54) is 12.8 Å². The topological polar surface area (TPSA) is 86.4 Å². The van der Waals surface area contributed by atoms with Crippen LogP contribution in [0.15, 0.2) is 36.4 Å². The summed E-state index contributed by atoms with van der Waals surface area (Å²) in [7, 11) is 1.68. The van der Waals surface area contributed by atoms with Crippen LogP contribution in [0.25, 0.3) is 11.0 Å². The molecule has 1 amide bonds. The minimum atomic E-state index is 0.257. The van der Waals surface area contributed by atoms with Crippen molar-refractivity contribution >= 4 is 22.8 Å². The summed E-state index contributed by atoms with van der Waals surface area (Å²) in [5, 5.41) is 11.9. The van der Waals surface area contributed by atoms with Crippen molar-refractivity contribution in [1.29, 1.82) is 0 Å². The van der Waals surface area contributed by atoms with E-state index in [0.717, 1.165) is 72.9 Å². The van der Waals surface area contributed by atoms with Crippen molar-refractivity contribution in [1.82, 2.24) is 25.0 Å². The minimum Gasteiger partial charge on any atom is -0.496 e. The number of H-pyrrole nitrogens is 1. The van der Waals surface area contributed by atoms with Crippen molar-refractivity contribution in [3.05, 3.63) is 47.7 Å². The number of rotatable bonds is 7. The summed E-state index contributed by atoms with van der Waals surface area (Å²) in [6, 6.07) is 12.1. The summed E-state index contributed by atoms with van der Waals surface area (Å²) in [6.07, 6.45) is 4.49. The first-order chi connectivity index (χ1) is 16.2. The van der Waals surface area contributed by atoms with E-state index in [4.69, 9.17) is 9.72 Å². The quantitative estimate of drug-likeness (QED) is 0.576. The van der Waals surface area contributed by atoms with E-state index < -0.39 is 0 Å². The minimum absolute atomic E-state index is 0.257. The highest BCUT2D eigenvalue weighted by Crippen LogP contribution is 2.29. The van der Waals surface area contributed by atoms with Gasteiger partial charge in [0.2, 0.25) is 5.91 Å². The Morgan fingerprint density at radius 1 is 1.15 bits per heavy atom. The molecule has 1 atom stereocenters. The standard InChI is InChI=1S/C25H32N6O2/c1-33-22-9-3-2-7-18(22)15-26-24-20-10-11-21(27-25(20)29-28-24)19-8-6-14-31(16-19)23(32)17-30-12-4-5-13-30/h2-3,7,9-11,19H,4-6,8,12-17H2,1H3,(H2,26,27,28,29)/t19-/m0/s1. The summed E-state index contributed by atoms with van der Waals surface area (Å²) in [5.41, 5.74) is 2.87.